The Morgan fingerprint density at radius 3 is 2.61 bits per heavy atom. The van der Waals surface area contributed by atoms with Crippen LogP contribution in [0.25, 0.3) is 0 Å². The van der Waals surface area contributed by atoms with E-state index in [0.29, 0.717) is 5.69 Å². The normalized spacial score (nSPS) is 13.8. The number of anilines is 2. The van der Waals surface area contributed by atoms with E-state index in [9.17, 15) is 4.39 Å². The van der Waals surface area contributed by atoms with Crippen molar-refractivity contribution in [1.82, 2.24) is 0 Å². The second-order valence-electron chi connectivity index (χ2n) is 4.84. The van der Waals surface area contributed by atoms with E-state index < -0.39 is 0 Å². The predicted molar refractivity (Wildman–Crippen MR) is 71.9 cm³/mol. The number of hydrogen-bond acceptors (Lipinski definition) is 2. The zero-order valence-corrected chi connectivity index (χ0v) is 10.3. The molecule has 18 heavy (non-hydrogen) atoms. The zero-order valence-electron chi connectivity index (χ0n) is 10.3. The molecule has 3 rings (SSSR count). The van der Waals surface area contributed by atoms with Crippen molar-refractivity contribution in [2.24, 2.45) is 0 Å². The number of nitrogens with zero attached hydrogens (tertiary/aromatic N) is 1. The third-order valence-corrected chi connectivity index (χ3v) is 3.40. The van der Waals surface area contributed by atoms with Crippen LogP contribution in [0.2, 0.25) is 0 Å². The van der Waals surface area contributed by atoms with Gasteiger partial charge in [0.2, 0.25) is 0 Å². The third-order valence-electron chi connectivity index (χ3n) is 3.40. The van der Waals surface area contributed by atoms with Crippen LogP contribution in [0.5, 0.6) is 0 Å². The van der Waals surface area contributed by atoms with E-state index in [0.717, 1.165) is 24.3 Å². The largest absolute Gasteiger partial charge is 0.399 e. The van der Waals surface area contributed by atoms with Gasteiger partial charge in [0.25, 0.3) is 0 Å². The minimum absolute atomic E-state index is 0.157. The van der Waals surface area contributed by atoms with Crippen LogP contribution in [-0.4, -0.2) is 0 Å². The highest BCUT2D eigenvalue weighted by Gasteiger charge is 2.21. The monoisotopic (exact) mass is 242 g/mol. The summed E-state index contributed by atoms with van der Waals surface area (Å²) >= 11 is 0. The predicted octanol–water partition coefficient (Wildman–Crippen LogP) is 3.24. The summed E-state index contributed by atoms with van der Waals surface area (Å²) < 4.78 is 13.9. The van der Waals surface area contributed by atoms with E-state index in [4.69, 9.17) is 5.73 Å². The number of nitrogen functional groups attached to an aromatic ring is 1. The molecule has 2 N–H and O–H groups in total. The second kappa shape index (κ2) is 4.02. The van der Waals surface area contributed by atoms with Crippen molar-refractivity contribution in [2.75, 3.05) is 10.6 Å². The molecule has 0 unspecified atom stereocenters. The first-order valence-electron chi connectivity index (χ1n) is 6.02. The average molecular weight is 242 g/mol. The van der Waals surface area contributed by atoms with E-state index in [1.165, 1.54) is 11.1 Å². The lowest BCUT2D eigenvalue weighted by atomic mass is 10.1. The van der Waals surface area contributed by atoms with Crippen molar-refractivity contribution in [3.8, 4) is 0 Å². The van der Waals surface area contributed by atoms with Crippen molar-refractivity contribution < 1.29 is 4.39 Å². The number of rotatable bonds is 1. The fourth-order valence-corrected chi connectivity index (χ4v) is 2.45. The minimum Gasteiger partial charge on any atom is -0.399 e. The molecule has 1 aliphatic heterocycles. The minimum atomic E-state index is -0.157. The van der Waals surface area contributed by atoms with Crippen LogP contribution in [0.3, 0.4) is 0 Å². The van der Waals surface area contributed by atoms with Gasteiger partial charge in [-0.1, -0.05) is 12.1 Å². The molecule has 3 heteroatoms. The maximum Gasteiger partial charge on any atom is 0.146 e. The molecule has 1 heterocycles. The summed E-state index contributed by atoms with van der Waals surface area (Å²) in [6.45, 7) is 3.36. The van der Waals surface area contributed by atoms with E-state index in [-0.39, 0.29) is 5.82 Å². The number of nitrogens with two attached hydrogens (primary N) is 1. The van der Waals surface area contributed by atoms with Crippen molar-refractivity contribution in [1.29, 1.82) is 0 Å². The molecule has 92 valence electrons. The maximum absolute atomic E-state index is 13.9. The van der Waals surface area contributed by atoms with E-state index in [1.807, 2.05) is 42.2 Å². The zero-order chi connectivity index (χ0) is 12.7. The number of fused-ring (bicyclic) bond motifs is 1. The SMILES string of the molecule is Cc1ccc(N2Cc3ccc(N)cc3C2)c(F)c1. The molecule has 0 aliphatic carbocycles. The molecule has 2 aromatic rings. The van der Waals surface area contributed by atoms with Crippen molar-refractivity contribution in [3.05, 3.63) is 58.9 Å². The van der Waals surface area contributed by atoms with E-state index >= 15 is 0 Å². The van der Waals surface area contributed by atoms with Gasteiger partial charge in [-0.3, -0.25) is 0 Å². The second-order valence-corrected chi connectivity index (χ2v) is 4.84. The van der Waals surface area contributed by atoms with Gasteiger partial charge < -0.3 is 10.6 Å². The lowest BCUT2D eigenvalue weighted by molar-refractivity contribution is 0.618. The molecule has 0 saturated carbocycles. The highest BCUT2D eigenvalue weighted by Crippen LogP contribution is 2.31. The van der Waals surface area contributed by atoms with Crippen LogP contribution in [0.15, 0.2) is 36.4 Å². The quantitative estimate of drug-likeness (QED) is 0.778. The van der Waals surface area contributed by atoms with Gasteiger partial charge in [0.05, 0.1) is 5.69 Å². The summed E-state index contributed by atoms with van der Waals surface area (Å²) in [6, 6.07) is 11.3. The Kier molecular flexibility index (Phi) is 2.47. The molecule has 0 atom stereocenters. The summed E-state index contributed by atoms with van der Waals surface area (Å²) in [4.78, 5) is 2.04. The van der Waals surface area contributed by atoms with Crippen LogP contribution in [0.1, 0.15) is 16.7 Å². The Bertz CT molecular complexity index is 607. The number of aryl methyl sites for hydroxylation is 1. The highest BCUT2D eigenvalue weighted by atomic mass is 19.1. The van der Waals surface area contributed by atoms with Crippen molar-refractivity contribution in [2.45, 2.75) is 20.0 Å². The smallest absolute Gasteiger partial charge is 0.146 e. The van der Waals surface area contributed by atoms with Crippen LogP contribution in [-0.2, 0) is 13.1 Å². The van der Waals surface area contributed by atoms with Gasteiger partial charge in [-0.15, -0.1) is 0 Å². The van der Waals surface area contributed by atoms with Crippen molar-refractivity contribution >= 4 is 11.4 Å². The van der Waals surface area contributed by atoms with Crippen molar-refractivity contribution in [3.63, 3.8) is 0 Å². The fourth-order valence-electron chi connectivity index (χ4n) is 2.45. The van der Waals surface area contributed by atoms with E-state index in [1.54, 1.807) is 6.07 Å². The van der Waals surface area contributed by atoms with Gasteiger partial charge >= 0.3 is 0 Å². The average Bonchev–Trinajstić information content (AvgIpc) is 2.71. The Labute approximate surface area is 106 Å². The number of benzene rings is 2. The lowest BCUT2D eigenvalue weighted by Crippen LogP contribution is -2.15. The van der Waals surface area contributed by atoms with Gasteiger partial charge in [0.1, 0.15) is 5.82 Å². The molecule has 2 aromatic carbocycles. The molecule has 0 aromatic heterocycles. The number of halogens is 1. The van der Waals surface area contributed by atoms with Gasteiger partial charge in [-0.2, -0.15) is 0 Å². The first-order valence-corrected chi connectivity index (χ1v) is 6.02. The standard InChI is InChI=1S/C15H15FN2/c1-10-2-5-15(14(16)6-10)18-8-11-3-4-13(17)7-12(11)9-18/h2-7H,8-9,17H2,1H3. The fraction of sp³-hybridized carbons (Fsp3) is 0.200. The molecule has 2 nitrogen and oxygen atoms in total. The van der Waals surface area contributed by atoms with Gasteiger partial charge in [0.15, 0.2) is 0 Å². The van der Waals surface area contributed by atoms with Crippen LogP contribution < -0.4 is 10.6 Å². The summed E-state index contributed by atoms with van der Waals surface area (Å²) in [5.74, 6) is -0.157. The molecule has 0 amide bonds. The highest BCUT2D eigenvalue weighted by molar-refractivity contribution is 5.56. The third kappa shape index (κ3) is 1.82. The Hall–Kier alpha value is -2.03. The maximum atomic E-state index is 13.9. The van der Waals surface area contributed by atoms with Gasteiger partial charge in [-0.25, -0.2) is 4.39 Å². The Morgan fingerprint density at radius 2 is 1.83 bits per heavy atom. The number of hydrogen-bond donors (Lipinski definition) is 1. The van der Waals surface area contributed by atoms with Gasteiger partial charge in [0, 0.05) is 18.8 Å². The Balaban J connectivity index is 1.93. The summed E-state index contributed by atoms with van der Waals surface area (Å²) in [6.07, 6.45) is 0. The van der Waals surface area contributed by atoms with Crippen LogP contribution >= 0.6 is 0 Å². The van der Waals surface area contributed by atoms with Gasteiger partial charge in [-0.05, 0) is 47.9 Å². The summed E-state index contributed by atoms with van der Waals surface area (Å²) in [7, 11) is 0. The van der Waals surface area contributed by atoms with Crippen LogP contribution in [0, 0.1) is 12.7 Å². The molecule has 0 radical (unpaired) electrons. The summed E-state index contributed by atoms with van der Waals surface area (Å²) in [5.41, 5.74) is 10.6. The summed E-state index contributed by atoms with van der Waals surface area (Å²) in [5, 5.41) is 0. The first-order chi connectivity index (χ1) is 8.63. The molecular formula is C15H15FN2. The molecular weight excluding hydrogens is 227 g/mol. The molecule has 0 spiro atoms. The molecule has 0 fully saturated rings. The molecule has 0 saturated heterocycles. The Morgan fingerprint density at radius 1 is 1.06 bits per heavy atom. The molecule has 0 bridgehead atoms. The van der Waals surface area contributed by atoms with E-state index in [2.05, 4.69) is 0 Å². The topological polar surface area (TPSA) is 29.3 Å². The molecule has 1 aliphatic rings. The van der Waals surface area contributed by atoms with Crippen LogP contribution in [0.4, 0.5) is 15.8 Å². The lowest BCUT2D eigenvalue weighted by Gasteiger charge is -2.18. The first kappa shape index (κ1) is 11.1.